The largest absolute Gasteiger partial charge is 0.467 e. The lowest BCUT2D eigenvalue weighted by Crippen LogP contribution is -2.29. The van der Waals surface area contributed by atoms with Gasteiger partial charge in [-0.25, -0.2) is 0 Å². The summed E-state index contributed by atoms with van der Waals surface area (Å²) < 4.78 is 5.38. The molecule has 1 rings (SSSR count). The quantitative estimate of drug-likeness (QED) is 0.759. The Morgan fingerprint density at radius 2 is 2.21 bits per heavy atom. The molecule has 0 bridgehead atoms. The molecule has 0 aliphatic carbocycles. The van der Waals surface area contributed by atoms with E-state index in [1.54, 1.807) is 6.26 Å². The van der Waals surface area contributed by atoms with Gasteiger partial charge >= 0.3 is 0 Å². The van der Waals surface area contributed by atoms with Gasteiger partial charge in [0.25, 0.3) is 0 Å². The first-order valence-electron chi connectivity index (χ1n) is 5.06. The van der Waals surface area contributed by atoms with Crippen molar-refractivity contribution < 1.29 is 9.52 Å². The molecule has 1 unspecified atom stereocenters. The van der Waals surface area contributed by atoms with E-state index >= 15 is 0 Å². The maximum absolute atomic E-state index is 8.77. The van der Waals surface area contributed by atoms with Crippen molar-refractivity contribution in [2.75, 3.05) is 6.61 Å². The molecule has 14 heavy (non-hydrogen) atoms. The highest BCUT2D eigenvalue weighted by Crippen LogP contribution is 2.18. The molecule has 1 aromatic heterocycles. The molecule has 0 spiro atoms. The molecule has 0 aromatic carbocycles. The van der Waals surface area contributed by atoms with Crippen LogP contribution in [0.5, 0.6) is 0 Å². The van der Waals surface area contributed by atoms with Crippen LogP contribution in [0.3, 0.4) is 0 Å². The molecule has 0 fully saturated rings. The SMILES string of the molecule is Cc1ccoc1C(C)N[C@H](C)CCO. The molecule has 0 saturated carbocycles. The minimum atomic E-state index is 0.201. The number of aliphatic hydroxyl groups is 1. The van der Waals surface area contributed by atoms with E-state index in [1.807, 2.05) is 13.0 Å². The second-order valence-corrected chi connectivity index (χ2v) is 3.77. The number of aliphatic hydroxyl groups excluding tert-OH is 1. The Labute approximate surface area is 85.1 Å². The second kappa shape index (κ2) is 5.17. The summed E-state index contributed by atoms with van der Waals surface area (Å²) in [5.74, 6) is 0.981. The summed E-state index contributed by atoms with van der Waals surface area (Å²) in [5.41, 5.74) is 1.17. The van der Waals surface area contributed by atoms with Crippen LogP contribution in [0.4, 0.5) is 0 Å². The Morgan fingerprint density at radius 1 is 1.50 bits per heavy atom. The predicted octanol–water partition coefficient (Wildman–Crippen LogP) is 2.01. The normalized spacial score (nSPS) is 15.4. The Balaban J connectivity index is 2.50. The molecular weight excluding hydrogens is 178 g/mol. The van der Waals surface area contributed by atoms with Crippen LogP contribution in [0.2, 0.25) is 0 Å². The fraction of sp³-hybridized carbons (Fsp3) is 0.636. The van der Waals surface area contributed by atoms with Crippen LogP contribution >= 0.6 is 0 Å². The zero-order valence-corrected chi connectivity index (χ0v) is 9.08. The fourth-order valence-corrected chi connectivity index (χ4v) is 1.61. The average molecular weight is 197 g/mol. The van der Waals surface area contributed by atoms with Gasteiger partial charge in [0, 0.05) is 12.6 Å². The third-order valence-electron chi connectivity index (χ3n) is 2.39. The molecule has 0 radical (unpaired) electrons. The number of furan rings is 1. The van der Waals surface area contributed by atoms with Gasteiger partial charge in [-0.15, -0.1) is 0 Å². The highest BCUT2D eigenvalue weighted by atomic mass is 16.3. The standard InChI is InChI=1S/C11H19NO2/c1-8-5-7-14-11(8)10(3)12-9(2)4-6-13/h5,7,9-10,12-13H,4,6H2,1-3H3/t9-,10?/m1/s1. The van der Waals surface area contributed by atoms with Gasteiger partial charge in [0.2, 0.25) is 0 Å². The molecule has 2 atom stereocenters. The van der Waals surface area contributed by atoms with E-state index < -0.39 is 0 Å². The van der Waals surface area contributed by atoms with Crippen molar-refractivity contribution in [1.29, 1.82) is 0 Å². The molecule has 2 N–H and O–H groups in total. The Kier molecular flexibility index (Phi) is 4.17. The van der Waals surface area contributed by atoms with Gasteiger partial charge < -0.3 is 14.8 Å². The highest BCUT2D eigenvalue weighted by Gasteiger charge is 2.13. The minimum absolute atomic E-state index is 0.201. The average Bonchev–Trinajstić information content (AvgIpc) is 2.51. The molecule has 3 heteroatoms. The van der Waals surface area contributed by atoms with Crippen LogP contribution in [-0.2, 0) is 0 Å². The van der Waals surface area contributed by atoms with Gasteiger partial charge in [-0.05, 0) is 38.8 Å². The maximum atomic E-state index is 8.77. The first-order chi connectivity index (χ1) is 6.65. The van der Waals surface area contributed by atoms with Gasteiger partial charge in [0.05, 0.1) is 12.3 Å². The van der Waals surface area contributed by atoms with Crippen LogP contribution < -0.4 is 5.32 Å². The lowest BCUT2D eigenvalue weighted by Gasteiger charge is -2.18. The minimum Gasteiger partial charge on any atom is -0.467 e. The third kappa shape index (κ3) is 2.86. The Bertz CT molecular complexity index is 270. The van der Waals surface area contributed by atoms with E-state index in [1.165, 1.54) is 5.56 Å². The van der Waals surface area contributed by atoms with Crippen molar-refractivity contribution >= 4 is 0 Å². The summed E-state index contributed by atoms with van der Waals surface area (Å²) in [6.45, 7) is 6.39. The first-order valence-corrected chi connectivity index (χ1v) is 5.06. The smallest absolute Gasteiger partial charge is 0.123 e. The van der Waals surface area contributed by atoms with Crippen molar-refractivity contribution in [2.45, 2.75) is 39.3 Å². The molecule has 3 nitrogen and oxygen atoms in total. The number of nitrogens with one attached hydrogen (secondary N) is 1. The van der Waals surface area contributed by atoms with Crippen molar-refractivity contribution in [3.63, 3.8) is 0 Å². The van der Waals surface area contributed by atoms with Crippen molar-refractivity contribution in [2.24, 2.45) is 0 Å². The zero-order valence-electron chi connectivity index (χ0n) is 9.08. The lowest BCUT2D eigenvalue weighted by molar-refractivity contribution is 0.261. The van der Waals surface area contributed by atoms with Crippen LogP contribution in [-0.4, -0.2) is 17.8 Å². The molecule has 0 amide bonds. The predicted molar refractivity (Wildman–Crippen MR) is 56.2 cm³/mol. The van der Waals surface area contributed by atoms with E-state index in [9.17, 15) is 0 Å². The first kappa shape index (κ1) is 11.3. The van der Waals surface area contributed by atoms with Crippen LogP contribution in [0.25, 0.3) is 0 Å². The van der Waals surface area contributed by atoms with E-state index in [0.717, 1.165) is 12.2 Å². The van der Waals surface area contributed by atoms with Crippen LogP contribution in [0.15, 0.2) is 16.7 Å². The number of rotatable bonds is 5. The summed E-state index contributed by atoms with van der Waals surface area (Å²) in [6.07, 6.45) is 2.48. The second-order valence-electron chi connectivity index (χ2n) is 3.77. The van der Waals surface area contributed by atoms with Crippen LogP contribution in [0, 0.1) is 6.92 Å². The molecule has 0 saturated heterocycles. The number of hydrogen-bond donors (Lipinski definition) is 2. The Morgan fingerprint density at radius 3 is 2.71 bits per heavy atom. The molecule has 0 aliphatic rings. The summed E-state index contributed by atoms with van der Waals surface area (Å²) >= 11 is 0. The summed E-state index contributed by atoms with van der Waals surface area (Å²) in [4.78, 5) is 0. The van der Waals surface area contributed by atoms with Gasteiger partial charge in [-0.3, -0.25) is 0 Å². The van der Waals surface area contributed by atoms with Crippen LogP contribution in [0.1, 0.15) is 37.6 Å². The van der Waals surface area contributed by atoms with Crippen molar-refractivity contribution in [1.82, 2.24) is 5.32 Å². The number of aryl methyl sites for hydroxylation is 1. The van der Waals surface area contributed by atoms with Crippen molar-refractivity contribution in [3.05, 3.63) is 23.7 Å². The molecule has 1 aromatic rings. The van der Waals surface area contributed by atoms with Gasteiger partial charge in [0.15, 0.2) is 0 Å². The lowest BCUT2D eigenvalue weighted by atomic mass is 10.1. The monoisotopic (exact) mass is 197 g/mol. The van der Waals surface area contributed by atoms with E-state index in [4.69, 9.17) is 9.52 Å². The molecular formula is C11H19NO2. The maximum Gasteiger partial charge on any atom is 0.123 e. The van der Waals surface area contributed by atoms with Crippen molar-refractivity contribution in [3.8, 4) is 0 Å². The Hall–Kier alpha value is -0.800. The summed E-state index contributed by atoms with van der Waals surface area (Å²) in [7, 11) is 0. The third-order valence-corrected chi connectivity index (χ3v) is 2.39. The van der Waals surface area contributed by atoms with Gasteiger partial charge in [0.1, 0.15) is 5.76 Å². The summed E-state index contributed by atoms with van der Waals surface area (Å²) in [5, 5.41) is 12.1. The number of hydrogen-bond acceptors (Lipinski definition) is 3. The van der Waals surface area contributed by atoms with E-state index in [0.29, 0.717) is 6.04 Å². The van der Waals surface area contributed by atoms with E-state index in [-0.39, 0.29) is 12.6 Å². The molecule has 0 aliphatic heterocycles. The van der Waals surface area contributed by atoms with Gasteiger partial charge in [-0.2, -0.15) is 0 Å². The summed E-state index contributed by atoms with van der Waals surface area (Å²) in [6, 6.07) is 2.47. The van der Waals surface area contributed by atoms with E-state index in [2.05, 4.69) is 19.2 Å². The fourth-order valence-electron chi connectivity index (χ4n) is 1.61. The van der Waals surface area contributed by atoms with Gasteiger partial charge in [-0.1, -0.05) is 0 Å². The molecule has 1 heterocycles. The zero-order chi connectivity index (χ0) is 10.6. The topological polar surface area (TPSA) is 45.4 Å². The highest BCUT2D eigenvalue weighted by molar-refractivity contribution is 5.17. The molecule has 80 valence electrons.